The third-order valence-corrected chi connectivity index (χ3v) is 5.36. The Labute approximate surface area is 148 Å². The summed E-state index contributed by atoms with van der Waals surface area (Å²) < 4.78 is 22.4. The zero-order valence-corrected chi connectivity index (χ0v) is 15.3. The van der Waals surface area contributed by atoms with Crippen LogP contribution in [0.25, 0.3) is 0 Å². The number of carbonyl (C=O) groups is 2. The number of sulfonamides is 1. The fourth-order valence-corrected chi connectivity index (χ4v) is 3.05. The largest absolute Gasteiger partial charge is 0.356 e. The molecule has 3 unspecified atom stereocenters. The standard InChI is InChI=1S/C17H25N3O4S/c1-3-11(2)20-17(22)15-10-14(15)16(21)19-9-8-12-4-6-13(7-5-12)25(18,23)24/h4-7,11,14-15H,3,8-10H2,1-2H3,(H,19,21)(H,20,22)(H2,18,23,24). The second kappa shape index (κ2) is 7.97. The lowest BCUT2D eigenvalue weighted by molar-refractivity contribution is -0.127. The van der Waals surface area contributed by atoms with Crippen molar-refractivity contribution >= 4 is 21.8 Å². The highest BCUT2D eigenvalue weighted by molar-refractivity contribution is 7.89. The third kappa shape index (κ3) is 5.54. The van der Waals surface area contributed by atoms with Crippen molar-refractivity contribution in [3.05, 3.63) is 29.8 Å². The average Bonchev–Trinajstić information content (AvgIpc) is 3.35. The first-order valence-electron chi connectivity index (χ1n) is 8.42. The minimum absolute atomic E-state index is 0.0481. The number of hydrogen-bond donors (Lipinski definition) is 3. The molecule has 8 heteroatoms. The van der Waals surface area contributed by atoms with Crippen LogP contribution < -0.4 is 15.8 Å². The fraction of sp³-hybridized carbons (Fsp3) is 0.529. The molecule has 1 aromatic rings. The average molecular weight is 367 g/mol. The SMILES string of the molecule is CCC(C)NC(=O)C1CC1C(=O)NCCc1ccc(S(N)(=O)=O)cc1. The molecule has 0 radical (unpaired) electrons. The van der Waals surface area contributed by atoms with E-state index in [1.165, 1.54) is 12.1 Å². The minimum atomic E-state index is -3.69. The van der Waals surface area contributed by atoms with E-state index in [-0.39, 0.29) is 34.6 Å². The molecule has 7 nitrogen and oxygen atoms in total. The highest BCUT2D eigenvalue weighted by Gasteiger charge is 2.47. The lowest BCUT2D eigenvalue weighted by Gasteiger charge is -2.11. The molecule has 1 saturated carbocycles. The Morgan fingerprint density at radius 1 is 1.20 bits per heavy atom. The Morgan fingerprint density at radius 2 is 1.80 bits per heavy atom. The number of carbonyl (C=O) groups excluding carboxylic acids is 2. The maximum Gasteiger partial charge on any atom is 0.238 e. The van der Waals surface area contributed by atoms with Crippen LogP contribution in [-0.4, -0.2) is 32.8 Å². The van der Waals surface area contributed by atoms with Crippen LogP contribution in [0.4, 0.5) is 0 Å². The van der Waals surface area contributed by atoms with Gasteiger partial charge in [-0.2, -0.15) is 0 Å². The summed E-state index contributed by atoms with van der Waals surface area (Å²) in [5, 5.41) is 10.8. The van der Waals surface area contributed by atoms with Crippen LogP contribution in [-0.2, 0) is 26.0 Å². The molecule has 1 fully saturated rings. The first kappa shape index (κ1) is 19.4. The van der Waals surface area contributed by atoms with E-state index in [4.69, 9.17) is 5.14 Å². The van der Waals surface area contributed by atoms with Crippen LogP contribution in [0, 0.1) is 11.8 Å². The summed E-state index contributed by atoms with van der Waals surface area (Å²) in [4.78, 5) is 24.1. The first-order valence-corrected chi connectivity index (χ1v) is 9.96. The van der Waals surface area contributed by atoms with Gasteiger partial charge in [-0.15, -0.1) is 0 Å². The molecule has 0 aromatic heterocycles. The molecular formula is C17H25N3O4S. The van der Waals surface area contributed by atoms with Crippen LogP contribution in [0.1, 0.15) is 32.3 Å². The van der Waals surface area contributed by atoms with Gasteiger partial charge in [0, 0.05) is 12.6 Å². The molecule has 1 aliphatic rings. The quantitative estimate of drug-likeness (QED) is 0.621. The molecule has 25 heavy (non-hydrogen) atoms. The smallest absolute Gasteiger partial charge is 0.238 e. The van der Waals surface area contributed by atoms with Gasteiger partial charge in [-0.1, -0.05) is 19.1 Å². The summed E-state index contributed by atoms with van der Waals surface area (Å²) >= 11 is 0. The van der Waals surface area contributed by atoms with Crippen molar-refractivity contribution in [1.82, 2.24) is 10.6 Å². The monoisotopic (exact) mass is 367 g/mol. The maximum atomic E-state index is 12.1. The van der Waals surface area contributed by atoms with Crippen LogP contribution in [0.2, 0.25) is 0 Å². The van der Waals surface area contributed by atoms with Crippen molar-refractivity contribution in [3.63, 3.8) is 0 Å². The molecule has 1 aromatic carbocycles. The molecule has 3 atom stereocenters. The van der Waals surface area contributed by atoms with Gasteiger partial charge >= 0.3 is 0 Å². The number of nitrogens with one attached hydrogen (secondary N) is 2. The molecule has 0 bridgehead atoms. The zero-order chi connectivity index (χ0) is 18.6. The molecule has 2 amide bonds. The number of benzene rings is 1. The number of amides is 2. The van der Waals surface area contributed by atoms with E-state index in [0.717, 1.165) is 12.0 Å². The van der Waals surface area contributed by atoms with Gasteiger partial charge in [0.25, 0.3) is 0 Å². The van der Waals surface area contributed by atoms with Crippen molar-refractivity contribution < 1.29 is 18.0 Å². The van der Waals surface area contributed by atoms with Crippen LogP contribution in [0.3, 0.4) is 0 Å². The Bertz CT molecular complexity index is 731. The van der Waals surface area contributed by atoms with Crippen molar-refractivity contribution in [1.29, 1.82) is 0 Å². The van der Waals surface area contributed by atoms with Gasteiger partial charge in [-0.25, -0.2) is 13.6 Å². The highest BCUT2D eigenvalue weighted by Crippen LogP contribution is 2.38. The summed E-state index contributed by atoms with van der Waals surface area (Å²) in [6, 6.07) is 6.36. The molecule has 0 saturated heterocycles. The Kier molecular flexibility index (Phi) is 6.18. The van der Waals surface area contributed by atoms with E-state index < -0.39 is 10.0 Å². The Hall–Kier alpha value is -1.93. The zero-order valence-electron chi connectivity index (χ0n) is 14.5. The predicted octanol–water partition coefficient (Wildman–Crippen LogP) is 0.544. The van der Waals surface area contributed by atoms with E-state index in [1.807, 2.05) is 13.8 Å². The summed E-state index contributed by atoms with van der Waals surface area (Å²) in [6.07, 6.45) is 2.03. The molecule has 0 heterocycles. The van der Waals surface area contributed by atoms with Gasteiger partial charge in [0.2, 0.25) is 21.8 Å². The number of primary sulfonamides is 1. The molecule has 0 spiro atoms. The topological polar surface area (TPSA) is 118 Å². The van der Waals surface area contributed by atoms with Gasteiger partial charge in [-0.3, -0.25) is 9.59 Å². The normalized spacial score (nSPS) is 20.6. The Balaban J connectivity index is 1.74. The first-order chi connectivity index (χ1) is 11.7. The van der Waals surface area contributed by atoms with E-state index in [2.05, 4.69) is 10.6 Å². The van der Waals surface area contributed by atoms with Gasteiger partial charge in [0.15, 0.2) is 0 Å². The molecule has 4 N–H and O–H groups in total. The molecule has 2 rings (SSSR count). The van der Waals surface area contributed by atoms with Crippen LogP contribution >= 0.6 is 0 Å². The summed E-state index contributed by atoms with van der Waals surface area (Å²) in [6.45, 7) is 4.37. The van der Waals surface area contributed by atoms with E-state index in [9.17, 15) is 18.0 Å². The van der Waals surface area contributed by atoms with Crippen LogP contribution in [0.15, 0.2) is 29.2 Å². The molecule has 0 aliphatic heterocycles. The number of hydrogen-bond acceptors (Lipinski definition) is 4. The maximum absolute atomic E-state index is 12.1. The molecule has 1 aliphatic carbocycles. The van der Waals surface area contributed by atoms with Gasteiger partial charge in [0.1, 0.15) is 0 Å². The second-order valence-corrected chi connectivity index (χ2v) is 8.06. The number of nitrogens with two attached hydrogens (primary N) is 1. The van der Waals surface area contributed by atoms with Gasteiger partial charge in [0.05, 0.1) is 16.7 Å². The van der Waals surface area contributed by atoms with Crippen LogP contribution in [0.5, 0.6) is 0 Å². The Morgan fingerprint density at radius 3 is 2.36 bits per heavy atom. The second-order valence-electron chi connectivity index (χ2n) is 6.50. The summed E-state index contributed by atoms with van der Waals surface area (Å²) in [5.41, 5.74) is 0.898. The van der Waals surface area contributed by atoms with Crippen molar-refractivity contribution in [2.45, 2.75) is 44.0 Å². The van der Waals surface area contributed by atoms with Gasteiger partial charge in [-0.05, 0) is 43.9 Å². The summed E-state index contributed by atoms with van der Waals surface area (Å²) in [7, 11) is -3.69. The van der Waals surface area contributed by atoms with Gasteiger partial charge < -0.3 is 10.6 Å². The minimum Gasteiger partial charge on any atom is -0.356 e. The third-order valence-electron chi connectivity index (χ3n) is 4.43. The van der Waals surface area contributed by atoms with Crippen molar-refractivity contribution in [2.75, 3.05) is 6.54 Å². The number of rotatable bonds is 8. The fourth-order valence-electron chi connectivity index (χ4n) is 2.53. The van der Waals surface area contributed by atoms with Crippen molar-refractivity contribution in [3.8, 4) is 0 Å². The van der Waals surface area contributed by atoms with E-state index in [1.54, 1.807) is 12.1 Å². The molecular weight excluding hydrogens is 342 g/mol. The van der Waals surface area contributed by atoms with E-state index >= 15 is 0 Å². The van der Waals surface area contributed by atoms with E-state index in [0.29, 0.717) is 19.4 Å². The lowest BCUT2D eigenvalue weighted by atomic mass is 10.1. The predicted molar refractivity (Wildman–Crippen MR) is 94.0 cm³/mol. The highest BCUT2D eigenvalue weighted by atomic mass is 32.2. The van der Waals surface area contributed by atoms with Crippen molar-refractivity contribution in [2.24, 2.45) is 17.0 Å². The molecule has 138 valence electrons. The lowest BCUT2D eigenvalue weighted by Crippen LogP contribution is -2.35. The summed E-state index contributed by atoms with van der Waals surface area (Å²) in [5.74, 6) is -0.615.